The zero-order chi connectivity index (χ0) is 10.7. The number of thioether (sulfide) groups is 1. The van der Waals surface area contributed by atoms with E-state index in [1.807, 2.05) is 12.1 Å². The van der Waals surface area contributed by atoms with Gasteiger partial charge in [0.25, 0.3) is 0 Å². The number of benzene rings is 1. The quantitative estimate of drug-likeness (QED) is 0.610. The molecular formula is C10H12N2O2S. The highest BCUT2D eigenvalue weighted by Gasteiger charge is 2.07. The van der Waals surface area contributed by atoms with Crippen LogP contribution in [0.15, 0.2) is 22.6 Å². The Morgan fingerprint density at radius 3 is 3.07 bits per heavy atom. The average Bonchev–Trinajstić information content (AvgIpc) is 2.63. The molecule has 3 N–H and O–H groups in total. The van der Waals surface area contributed by atoms with Crippen LogP contribution in [0, 0.1) is 0 Å². The van der Waals surface area contributed by atoms with Crippen molar-refractivity contribution in [1.82, 2.24) is 4.98 Å². The van der Waals surface area contributed by atoms with Crippen molar-refractivity contribution in [1.29, 1.82) is 0 Å². The van der Waals surface area contributed by atoms with Crippen molar-refractivity contribution < 1.29 is 9.52 Å². The predicted octanol–water partition coefficient (Wildman–Crippen LogP) is 1.64. The maximum absolute atomic E-state index is 8.64. The summed E-state index contributed by atoms with van der Waals surface area (Å²) in [7, 11) is 0. The summed E-state index contributed by atoms with van der Waals surface area (Å²) >= 11 is 1.58. The smallest absolute Gasteiger partial charge is 0.205 e. The van der Waals surface area contributed by atoms with Crippen LogP contribution < -0.4 is 5.73 Å². The molecule has 0 spiro atoms. The second kappa shape index (κ2) is 4.55. The number of aromatic nitrogens is 1. The van der Waals surface area contributed by atoms with Gasteiger partial charge < -0.3 is 15.3 Å². The van der Waals surface area contributed by atoms with Gasteiger partial charge in [-0.1, -0.05) is 6.07 Å². The van der Waals surface area contributed by atoms with Gasteiger partial charge in [0.15, 0.2) is 5.58 Å². The minimum atomic E-state index is 0.174. The molecule has 0 aliphatic carbocycles. The number of nitrogens with two attached hydrogens (primary N) is 1. The molecule has 0 fully saturated rings. The van der Waals surface area contributed by atoms with Gasteiger partial charge in [-0.05, 0) is 12.1 Å². The number of hydrogen-bond acceptors (Lipinski definition) is 5. The minimum absolute atomic E-state index is 0.174. The molecular weight excluding hydrogens is 212 g/mol. The Morgan fingerprint density at radius 1 is 1.47 bits per heavy atom. The summed E-state index contributed by atoms with van der Waals surface area (Å²) in [6.07, 6.45) is 0. The molecule has 80 valence electrons. The van der Waals surface area contributed by atoms with Crippen molar-refractivity contribution in [2.75, 3.05) is 18.1 Å². The van der Waals surface area contributed by atoms with E-state index in [0.717, 1.165) is 11.1 Å². The van der Waals surface area contributed by atoms with E-state index < -0.39 is 0 Å². The van der Waals surface area contributed by atoms with Crippen LogP contribution in [-0.4, -0.2) is 22.5 Å². The first-order valence-electron chi connectivity index (χ1n) is 4.64. The van der Waals surface area contributed by atoms with E-state index in [1.54, 1.807) is 17.8 Å². The van der Waals surface area contributed by atoms with Crippen LogP contribution in [0.25, 0.3) is 11.1 Å². The number of oxazole rings is 1. The first-order chi connectivity index (χ1) is 7.31. The van der Waals surface area contributed by atoms with Crippen molar-refractivity contribution >= 4 is 28.5 Å². The predicted molar refractivity (Wildman–Crippen MR) is 61.7 cm³/mol. The maximum Gasteiger partial charge on any atom is 0.205 e. The SMILES string of the molecule is Nc1cccc2oc(CSCCO)nc12. The van der Waals surface area contributed by atoms with Crippen LogP contribution in [0.1, 0.15) is 5.89 Å². The Kier molecular flexibility index (Phi) is 3.13. The lowest BCUT2D eigenvalue weighted by atomic mass is 10.3. The molecule has 0 bridgehead atoms. The van der Waals surface area contributed by atoms with Gasteiger partial charge in [0.05, 0.1) is 18.0 Å². The number of anilines is 1. The first-order valence-corrected chi connectivity index (χ1v) is 5.79. The molecule has 1 heterocycles. The lowest BCUT2D eigenvalue weighted by molar-refractivity contribution is 0.322. The molecule has 1 aromatic heterocycles. The Bertz CT molecular complexity index is 456. The number of hydrogen-bond donors (Lipinski definition) is 2. The summed E-state index contributed by atoms with van der Waals surface area (Å²) in [4.78, 5) is 4.29. The van der Waals surface area contributed by atoms with Gasteiger partial charge in [-0.2, -0.15) is 0 Å². The lowest BCUT2D eigenvalue weighted by Gasteiger charge is -1.92. The number of rotatable bonds is 4. The van der Waals surface area contributed by atoms with Gasteiger partial charge in [0.2, 0.25) is 5.89 Å². The van der Waals surface area contributed by atoms with Crippen LogP contribution in [-0.2, 0) is 5.75 Å². The molecule has 0 amide bonds. The van der Waals surface area contributed by atoms with Crippen molar-refractivity contribution in [3.8, 4) is 0 Å². The third kappa shape index (κ3) is 2.24. The topological polar surface area (TPSA) is 72.3 Å². The number of nitrogens with zero attached hydrogens (tertiary/aromatic N) is 1. The fraction of sp³-hybridized carbons (Fsp3) is 0.300. The second-order valence-corrected chi connectivity index (χ2v) is 4.18. The van der Waals surface area contributed by atoms with Crippen LogP contribution in [0.4, 0.5) is 5.69 Å². The second-order valence-electron chi connectivity index (χ2n) is 3.08. The summed E-state index contributed by atoms with van der Waals surface area (Å²) in [5, 5.41) is 8.64. The Labute approximate surface area is 91.5 Å². The summed E-state index contributed by atoms with van der Waals surface area (Å²) in [5.41, 5.74) is 7.83. The Morgan fingerprint density at radius 2 is 2.33 bits per heavy atom. The summed E-state index contributed by atoms with van der Waals surface area (Å²) in [6.45, 7) is 0.174. The van der Waals surface area contributed by atoms with Gasteiger partial charge in [0.1, 0.15) is 5.52 Å². The van der Waals surface area contributed by atoms with Crippen LogP contribution >= 0.6 is 11.8 Å². The van der Waals surface area contributed by atoms with E-state index in [0.29, 0.717) is 23.1 Å². The molecule has 2 aromatic rings. The maximum atomic E-state index is 8.64. The van der Waals surface area contributed by atoms with Gasteiger partial charge in [0, 0.05) is 5.75 Å². The number of fused-ring (bicyclic) bond motifs is 1. The van der Waals surface area contributed by atoms with Crippen LogP contribution in [0.5, 0.6) is 0 Å². The van der Waals surface area contributed by atoms with Gasteiger partial charge in [-0.25, -0.2) is 4.98 Å². The largest absolute Gasteiger partial charge is 0.440 e. The molecule has 0 unspecified atom stereocenters. The fourth-order valence-electron chi connectivity index (χ4n) is 1.30. The van der Waals surface area contributed by atoms with Crippen molar-refractivity contribution in [3.05, 3.63) is 24.1 Å². The third-order valence-corrected chi connectivity index (χ3v) is 2.88. The number of para-hydroxylation sites is 1. The molecule has 15 heavy (non-hydrogen) atoms. The number of aliphatic hydroxyl groups is 1. The molecule has 1 aromatic carbocycles. The van der Waals surface area contributed by atoms with Crippen LogP contribution in [0.2, 0.25) is 0 Å². The normalized spacial score (nSPS) is 11.0. The summed E-state index contributed by atoms with van der Waals surface area (Å²) < 4.78 is 5.50. The Balaban J connectivity index is 2.20. The molecule has 0 aliphatic rings. The number of aliphatic hydroxyl groups excluding tert-OH is 1. The van der Waals surface area contributed by atoms with Crippen molar-refractivity contribution in [3.63, 3.8) is 0 Å². The monoisotopic (exact) mass is 224 g/mol. The van der Waals surface area contributed by atoms with E-state index in [1.165, 1.54) is 0 Å². The lowest BCUT2D eigenvalue weighted by Crippen LogP contribution is -1.88. The highest BCUT2D eigenvalue weighted by Crippen LogP contribution is 2.23. The van der Waals surface area contributed by atoms with Crippen molar-refractivity contribution in [2.45, 2.75) is 5.75 Å². The number of nitrogen functional groups attached to an aromatic ring is 1. The molecule has 0 radical (unpaired) electrons. The van der Waals surface area contributed by atoms with Gasteiger partial charge in [-0.15, -0.1) is 11.8 Å². The molecule has 0 saturated carbocycles. The standard InChI is InChI=1S/C10H12N2O2S/c11-7-2-1-3-8-10(7)12-9(14-8)6-15-5-4-13/h1-3,13H,4-6,11H2. The summed E-state index contributed by atoms with van der Waals surface area (Å²) in [5.74, 6) is 2.00. The Hall–Kier alpha value is -1.20. The van der Waals surface area contributed by atoms with E-state index in [-0.39, 0.29) is 6.61 Å². The van der Waals surface area contributed by atoms with E-state index in [2.05, 4.69) is 4.98 Å². The zero-order valence-corrected chi connectivity index (χ0v) is 8.96. The third-order valence-electron chi connectivity index (χ3n) is 1.96. The molecule has 0 aliphatic heterocycles. The molecule has 5 heteroatoms. The molecule has 4 nitrogen and oxygen atoms in total. The van der Waals surface area contributed by atoms with E-state index >= 15 is 0 Å². The van der Waals surface area contributed by atoms with Crippen LogP contribution in [0.3, 0.4) is 0 Å². The first kappa shape index (κ1) is 10.3. The van der Waals surface area contributed by atoms with E-state index in [9.17, 15) is 0 Å². The highest BCUT2D eigenvalue weighted by molar-refractivity contribution is 7.98. The van der Waals surface area contributed by atoms with Gasteiger partial charge >= 0.3 is 0 Å². The zero-order valence-electron chi connectivity index (χ0n) is 8.14. The average molecular weight is 224 g/mol. The molecule has 2 rings (SSSR count). The molecule has 0 atom stereocenters. The van der Waals surface area contributed by atoms with Crippen molar-refractivity contribution in [2.24, 2.45) is 0 Å². The minimum Gasteiger partial charge on any atom is -0.440 e. The molecule has 0 saturated heterocycles. The summed E-state index contributed by atoms with van der Waals surface area (Å²) in [6, 6.07) is 5.49. The van der Waals surface area contributed by atoms with E-state index in [4.69, 9.17) is 15.3 Å². The highest BCUT2D eigenvalue weighted by atomic mass is 32.2. The fourth-order valence-corrected chi connectivity index (χ4v) is 1.87. The van der Waals surface area contributed by atoms with Gasteiger partial charge in [-0.3, -0.25) is 0 Å².